The van der Waals surface area contributed by atoms with Gasteiger partial charge in [-0.3, -0.25) is 0 Å². The highest BCUT2D eigenvalue weighted by Gasteiger charge is 2.24. The van der Waals surface area contributed by atoms with Crippen LogP contribution in [0.1, 0.15) is 11.5 Å². The molecule has 0 bridgehead atoms. The molecule has 1 aliphatic heterocycles. The first-order valence-corrected chi connectivity index (χ1v) is 5.30. The number of ether oxygens (including phenoxy) is 1. The highest BCUT2D eigenvalue weighted by atomic mass is 79.9. The van der Waals surface area contributed by atoms with Gasteiger partial charge in [0.15, 0.2) is 0 Å². The Kier molecular flexibility index (Phi) is 2.28. The number of benzene rings is 1. The second-order valence-electron chi connectivity index (χ2n) is 2.82. The zero-order valence-electron chi connectivity index (χ0n) is 6.39. The number of hydrogen-bond acceptors (Lipinski definition) is 1. The van der Waals surface area contributed by atoms with E-state index in [1.54, 1.807) is 0 Å². The van der Waals surface area contributed by atoms with Gasteiger partial charge in [-0.1, -0.05) is 39.7 Å². The van der Waals surface area contributed by atoms with Crippen LogP contribution in [0.2, 0.25) is 5.02 Å². The molecule has 12 heavy (non-hydrogen) atoms. The Balaban J connectivity index is 2.46. The van der Waals surface area contributed by atoms with Crippen molar-refractivity contribution in [2.45, 2.75) is 5.92 Å². The summed E-state index contributed by atoms with van der Waals surface area (Å²) in [5.74, 6) is 1.32. The molecule has 0 saturated carbocycles. The molecule has 0 aromatic heterocycles. The molecule has 0 amide bonds. The number of para-hydroxylation sites is 1. The minimum atomic E-state index is 0.457. The fourth-order valence-corrected chi connectivity index (χ4v) is 2.17. The molecule has 0 radical (unpaired) electrons. The number of alkyl halides is 1. The molecular formula is C9H8BrClO. The Bertz CT molecular complexity index is 301. The SMILES string of the molecule is Clc1cccc2c1OC[C@H]2CBr. The number of rotatable bonds is 1. The topological polar surface area (TPSA) is 9.23 Å². The second-order valence-corrected chi connectivity index (χ2v) is 3.88. The van der Waals surface area contributed by atoms with Crippen molar-refractivity contribution in [1.29, 1.82) is 0 Å². The predicted octanol–water partition coefficient (Wildman–Crippen LogP) is 3.21. The van der Waals surface area contributed by atoms with E-state index >= 15 is 0 Å². The minimum absolute atomic E-state index is 0.457. The monoisotopic (exact) mass is 246 g/mol. The third-order valence-corrected chi connectivity index (χ3v) is 3.13. The van der Waals surface area contributed by atoms with Crippen molar-refractivity contribution in [2.24, 2.45) is 0 Å². The first kappa shape index (κ1) is 8.39. The lowest BCUT2D eigenvalue weighted by molar-refractivity contribution is 0.339. The van der Waals surface area contributed by atoms with Gasteiger partial charge in [0.05, 0.1) is 11.6 Å². The fraction of sp³-hybridized carbons (Fsp3) is 0.333. The largest absolute Gasteiger partial charge is 0.491 e. The molecule has 1 aromatic carbocycles. The van der Waals surface area contributed by atoms with Crippen molar-refractivity contribution < 1.29 is 4.74 Å². The van der Waals surface area contributed by atoms with E-state index < -0.39 is 0 Å². The van der Waals surface area contributed by atoms with Crippen LogP contribution in [0.4, 0.5) is 0 Å². The predicted molar refractivity (Wildman–Crippen MR) is 53.5 cm³/mol. The van der Waals surface area contributed by atoms with Gasteiger partial charge in [0.25, 0.3) is 0 Å². The van der Waals surface area contributed by atoms with Gasteiger partial charge in [-0.2, -0.15) is 0 Å². The summed E-state index contributed by atoms with van der Waals surface area (Å²) in [5, 5.41) is 1.65. The zero-order valence-corrected chi connectivity index (χ0v) is 8.73. The molecule has 64 valence electrons. The molecular weight excluding hydrogens is 239 g/mol. The average Bonchev–Trinajstić information content (AvgIpc) is 2.49. The molecule has 0 aliphatic carbocycles. The Hall–Kier alpha value is -0.210. The summed E-state index contributed by atoms with van der Waals surface area (Å²) in [4.78, 5) is 0. The Morgan fingerprint density at radius 2 is 2.42 bits per heavy atom. The number of fused-ring (bicyclic) bond motifs is 1. The Morgan fingerprint density at radius 1 is 1.58 bits per heavy atom. The van der Waals surface area contributed by atoms with Crippen molar-refractivity contribution in [2.75, 3.05) is 11.9 Å². The molecule has 1 heterocycles. The van der Waals surface area contributed by atoms with Crippen molar-refractivity contribution in [3.63, 3.8) is 0 Å². The molecule has 1 nitrogen and oxygen atoms in total. The van der Waals surface area contributed by atoms with Crippen molar-refractivity contribution in [1.82, 2.24) is 0 Å². The highest BCUT2D eigenvalue weighted by molar-refractivity contribution is 9.09. The van der Waals surface area contributed by atoms with E-state index in [9.17, 15) is 0 Å². The smallest absolute Gasteiger partial charge is 0.141 e. The maximum absolute atomic E-state index is 5.95. The summed E-state index contributed by atoms with van der Waals surface area (Å²) in [6.45, 7) is 0.740. The maximum atomic E-state index is 5.95. The van der Waals surface area contributed by atoms with Gasteiger partial charge in [0.2, 0.25) is 0 Å². The van der Waals surface area contributed by atoms with Gasteiger partial charge >= 0.3 is 0 Å². The van der Waals surface area contributed by atoms with E-state index in [0.29, 0.717) is 5.92 Å². The number of halogens is 2. The van der Waals surface area contributed by atoms with E-state index in [1.807, 2.05) is 12.1 Å². The highest BCUT2D eigenvalue weighted by Crippen LogP contribution is 2.39. The van der Waals surface area contributed by atoms with Gasteiger partial charge < -0.3 is 4.74 Å². The van der Waals surface area contributed by atoms with Crippen molar-refractivity contribution in [3.05, 3.63) is 28.8 Å². The molecule has 1 aromatic rings. The van der Waals surface area contributed by atoms with Crippen LogP contribution < -0.4 is 4.74 Å². The number of hydrogen-bond donors (Lipinski definition) is 0. The lowest BCUT2D eigenvalue weighted by atomic mass is 10.0. The third kappa shape index (κ3) is 1.23. The van der Waals surface area contributed by atoms with E-state index in [0.717, 1.165) is 22.7 Å². The lowest BCUT2D eigenvalue weighted by Crippen LogP contribution is -2.00. The Morgan fingerprint density at radius 3 is 3.17 bits per heavy atom. The van der Waals surface area contributed by atoms with Crippen molar-refractivity contribution in [3.8, 4) is 5.75 Å². The summed E-state index contributed by atoms with van der Waals surface area (Å²) in [5.41, 5.74) is 1.22. The summed E-state index contributed by atoms with van der Waals surface area (Å²) in [7, 11) is 0. The van der Waals surface area contributed by atoms with E-state index in [2.05, 4.69) is 22.0 Å². The molecule has 0 spiro atoms. The minimum Gasteiger partial charge on any atom is -0.491 e. The molecule has 0 N–H and O–H groups in total. The van der Waals surface area contributed by atoms with Gasteiger partial charge in [-0.25, -0.2) is 0 Å². The van der Waals surface area contributed by atoms with Crippen LogP contribution in [0.5, 0.6) is 5.75 Å². The van der Waals surface area contributed by atoms with Crippen LogP contribution in [0.3, 0.4) is 0 Å². The van der Waals surface area contributed by atoms with Gasteiger partial charge in [0, 0.05) is 16.8 Å². The standard InChI is InChI=1S/C9H8BrClO/c10-4-6-5-12-9-7(6)2-1-3-8(9)11/h1-3,6H,4-5H2/t6-/m1/s1. The summed E-state index contributed by atoms with van der Waals surface area (Å²) >= 11 is 9.40. The molecule has 3 heteroatoms. The molecule has 0 fully saturated rings. The zero-order chi connectivity index (χ0) is 8.55. The van der Waals surface area contributed by atoms with Crippen LogP contribution in [0, 0.1) is 0 Å². The molecule has 0 saturated heterocycles. The van der Waals surface area contributed by atoms with Crippen LogP contribution in [0.25, 0.3) is 0 Å². The van der Waals surface area contributed by atoms with Gasteiger partial charge in [-0.05, 0) is 6.07 Å². The maximum Gasteiger partial charge on any atom is 0.141 e. The summed E-state index contributed by atoms with van der Waals surface area (Å²) in [6.07, 6.45) is 0. The van der Waals surface area contributed by atoms with Gasteiger partial charge in [-0.15, -0.1) is 0 Å². The first-order chi connectivity index (χ1) is 5.83. The first-order valence-electron chi connectivity index (χ1n) is 3.80. The third-order valence-electron chi connectivity index (χ3n) is 2.05. The molecule has 1 aliphatic rings. The van der Waals surface area contributed by atoms with Crippen molar-refractivity contribution >= 4 is 27.5 Å². The summed E-state index contributed by atoms with van der Waals surface area (Å²) in [6, 6.07) is 5.89. The lowest BCUT2D eigenvalue weighted by Gasteiger charge is -2.02. The second kappa shape index (κ2) is 3.27. The molecule has 1 atom stereocenters. The normalized spacial score (nSPS) is 20.3. The fourth-order valence-electron chi connectivity index (χ4n) is 1.40. The van der Waals surface area contributed by atoms with Crippen LogP contribution in [-0.4, -0.2) is 11.9 Å². The van der Waals surface area contributed by atoms with E-state index in [-0.39, 0.29) is 0 Å². The van der Waals surface area contributed by atoms with Crippen LogP contribution in [-0.2, 0) is 0 Å². The average molecular weight is 248 g/mol. The van der Waals surface area contributed by atoms with E-state index in [4.69, 9.17) is 16.3 Å². The molecule has 2 rings (SSSR count). The van der Waals surface area contributed by atoms with Crippen LogP contribution >= 0.6 is 27.5 Å². The Labute approximate surface area is 84.8 Å². The van der Waals surface area contributed by atoms with Crippen LogP contribution in [0.15, 0.2) is 18.2 Å². The van der Waals surface area contributed by atoms with E-state index in [1.165, 1.54) is 5.56 Å². The quantitative estimate of drug-likeness (QED) is 0.693. The van der Waals surface area contributed by atoms with Gasteiger partial charge in [0.1, 0.15) is 5.75 Å². The summed E-state index contributed by atoms with van der Waals surface area (Å²) < 4.78 is 5.47. The molecule has 0 unspecified atom stereocenters.